The number of aryl methyl sites for hydroxylation is 2. The molecule has 41 heavy (non-hydrogen) atoms. The van der Waals surface area contributed by atoms with E-state index in [2.05, 4.69) is 5.32 Å². The molecule has 0 saturated carbocycles. The highest BCUT2D eigenvalue weighted by Crippen LogP contribution is 2.31. The molecule has 0 bridgehead atoms. The Morgan fingerprint density at radius 3 is 2.17 bits per heavy atom. The topological polar surface area (TPSA) is 96.0 Å². The Labute approximate surface area is 244 Å². The van der Waals surface area contributed by atoms with Crippen LogP contribution in [0.15, 0.2) is 72.8 Å². The van der Waals surface area contributed by atoms with Gasteiger partial charge in [0.15, 0.2) is 0 Å². The number of carbonyl (C=O) groups is 2. The average molecular weight is 580 g/mol. The van der Waals surface area contributed by atoms with Gasteiger partial charge in [0.05, 0.1) is 19.1 Å². The highest BCUT2D eigenvalue weighted by atomic mass is 32.2. The molecular weight excluding hydrogens is 538 g/mol. The molecule has 0 saturated heterocycles. The first-order valence-electron chi connectivity index (χ1n) is 13.7. The SMILES string of the molecule is COc1ccc(C)cc1N(CC(=O)N(Cc1cccc(C)c1)[C@H](Cc1ccccc1)C(=O)NCC(C)C)S(C)(=O)=O. The van der Waals surface area contributed by atoms with E-state index in [9.17, 15) is 18.0 Å². The molecule has 0 aromatic heterocycles. The highest BCUT2D eigenvalue weighted by molar-refractivity contribution is 7.92. The number of amides is 2. The van der Waals surface area contributed by atoms with E-state index in [-0.39, 0.29) is 30.5 Å². The normalized spacial score (nSPS) is 12.1. The molecule has 3 rings (SSSR count). The Morgan fingerprint density at radius 2 is 1.56 bits per heavy atom. The number of hydrogen-bond acceptors (Lipinski definition) is 5. The second-order valence-corrected chi connectivity index (χ2v) is 12.7. The number of anilines is 1. The van der Waals surface area contributed by atoms with Crippen LogP contribution in [0.2, 0.25) is 0 Å². The van der Waals surface area contributed by atoms with Crippen molar-refractivity contribution < 1.29 is 22.7 Å². The molecular formula is C32H41N3O5S. The molecule has 0 heterocycles. The lowest BCUT2D eigenvalue weighted by molar-refractivity contribution is -0.140. The molecule has 0 spiro atoms. The van der Waals surface area contributed by atoms with Crippen LogP contribution < -0.4 is 14.4 Å². The van der Waals surface area contributed by atoms with Crippen molar-refractivity contribution in [2.45, 2.75) is 46.7 Å². The van der Waals surface area contributed by atoms with E-state index in [0.29, 0.717) is 12.3 Å². The van der Waals surface area contributed by atoms with Gasteiger partial charge >= 0.3 is 0 Å². The Morgan fingerprint density at radius 1 is 0.902 bits per heavy atom. The summed E-state index contributed by atoms with van der Waals surface area (Å²) in [6.45, 7) is 7.89. The minimum atomic E-state index is -3.90. The van der Waals surface area contributed by atoms with Gasteiger partial charge in [0.25, 0.3) is 0 Å². The Hall–Kier alpha value is -3.85. The van der Waals surface area contributed by atoms with Crippen LogP contribution in [0.3, 0.4) is 0 Å². The molecule has 220 valence electrons. The van der Waals surface area contributed by atoms with Gasteiger partial charge in [-0.3, -0.25) is 13.9 Å². The summed E-state index contributed by atoms with van der Waals surface area (Å²) in [5.74, 6) is -0.245. The minimum Gasteiger partial charge on any atom is -0.495 e. The fourth-order valence-corrected chi connectivity index (χ4v) is 5.42. The maximum atomic E-state index is 14.2. The van der Waals surface area contributed by atoms with Gasteiger partial charge in [-0.2, -0.15) is 0 Å². The van der Waals surface area contributed by atoms with E-state index in [4.69, 9.17) is 4.74 Å². The zero-order valence-corrected chi connectivity index (χ0v) is 25.6. The molecule has 0 aliphatic rings. The zero-order chi connectivity index (χ0) is 30.2. The van der Waals surface area contributed by atoms with E-state index in [0.717, 1.165) is 32.8 Å². The summed E-state index contributed by atoms with van der Waals surface area (Å²) in [5, 5.41) is 2.99. The first-order valence-corrected chi connectivity index (χ1v) is 15.5. The molecule has 9 heteroatoms. The number of benzene rings is 3. The van der Waals surface area contributed by atoms with Gasteiger partial charge in [0.1, 0.15) is 18.3 Å². The number of nitrogens with one attached hydrogen (secondary N) is 1. The number of carbonyl (C=O) groups excluding carboxylic acids is 2. The number of rotatable bonds is 13. The van der Waals surface area contributed by atoms with E-state index >= 15 is 0 Å². The van der Waals surface area contributed by atoms with Gasteiger partial charge in [-0.05, 0) is 48.6 Å². The van der Waals surface area contributed by atoms with Crippen LogP contribution in [0.5, 0.6) is 5.75 Å². The van der Waals surface area contributed by atoms with E-state index in [1.54, 1.807) is 12.1 Å². The van der Waals surface area contributed by atoms with Crippen LogP contribution in [-0.4, -0.2) is 57.6 Å². The van der Waals surface area contributed by atoms with E-state index < -0.39 is 28.5 Å². The van der Waals surface area contributed by atoms with Gasteiger partial charge in [-0.25, -0.2) is 8.42 Å². The molecule has 2 amide bonds. The number of ether oxygens (including phenoxy) is 1. The molecule has 3 aromatic rings. The Bertz CT molecular complexity index is 1440. The molecule has 0 aliphatic carbocycles. The summed E-state index contributed by atoms with van der Waals surface area (Å²) < 4.78 is 32.6. The Kier molecular flexibility index (Phi) is 10.9. The predicted molar refractivity (Wildman–Crippen MR) is 163 cm³/mol. The lowest BCUT2D eigenvalue weighted by Crippen LogP contribution is -2.53. The van der Waals surface area contributed by atoms with Gasteiger partial charge in [0, 0.05) is 19.5 Å². The van der Waals surface area contributed by atoms with E-state index in [1.807, 2.05) is 88.4 Å². The van der Waals surface area contributed by atoms with Crippen molar-refractivity contribution in [3.05, 3.63) is 95.1 Å². The lowest BCUT2D eigenvalue weighted by atomic mass is 10.0. The lowest BCUT2D eigenvalue weighted by Gasteiger charge is -2.34. The largest absolute Gasteiger partial charge is 0.495 e. The molecule has 3 aromatic carbocycles. The monoisotopic (exact) mass is 579 g/mol. The van der Waals surface area contributed by atoms with Crippen LogP contribution in [0, 0.1) is 19.8 Å². The van der Waals surface area contributed by atoms with Crippen molar-refractivity contribution in [1.82, 2.24) is 10.2 Å². The maximum Gasteiger partial charge on any atom is 0.244 e. The average Bonchev–Trinajstić information content (AvgIpc) is 2.92. The minimum absolute atomic E-state index is 0.135. The van der Waals surface area contributed by atoms with Crippen LogP contribution in [0.4, 0.5) is 5.69 Å². The van der Waals surface area contributed by atoms with Crippen molar-refractivity contribution in [3.63, 3.8) is 0 Å². The molecule has 1 N–H and O–H groups in total. The van der Waals surface area contributed by atoms with Crippen LogP contribution in [0.1, 0.15) is 36.1 Å². The van der Waals surface area contributed by atoms with Crippen molar-refractivity contribution in [2.75, 3.05) is 30.8 Å². The maximum absolute atomic E-state index is 14.2. The number of nitrogens with zero attached hydrogens (tertiary/aromatic N) is 2. The third kappa shape index (κ3) is 9.08. The van der Waals surface area contributed by atoms with Gasteiger partial charge in [0.2, 0.25) is 21.8 Å². The van der Waals surface area contributed by atoms with Crippen molar-refractivity contribution in [1.29, 1.82) is 0 Å². The summed E-state index contributed by atoms with van der Waals surface area (Å²) in [4.78, 5) is 29.4. The van der Waals surface area contributed by atoms with Crippen molar-refractivity contribution >= 4 is 27.5 Å². The smallest absolute Gasteiger partial charge is 0.244 e. The number of sulfonamides is 1. The molecule has 1 atom stereocenters. The third-order valence-corrected chi connectivity index (χ3v) is 7.80. The second kappa shape index (κ2) is 14.2. The summed E-state index contributed by atoms with van der Waals surface area (Å²) in [7, 11) is -2.44. The molecule has 0 unspecified atom stereocenters. The highest BCUT2D eigenvalue weighted by Gasteiger charge is 2.33. The number of hydrogen-bond donors (Lipinski definition) is 1. The quantitative estimate of drug-likeness (QED) is 0.322. The summed E-state index contributed by atoms with van der Waals surface area (Å²) in [6.07, 6.45) is 1.33. The summed E-state index contributed by atoms with van der Waals surface area (Å²) in [6, 6.07) is 21.5. The molecule has 0 fully saturated rings. The third-order valence-electron chi connectivity index (χ3n) is 6.67. The molecule has 0 aliphatic heterocycles. The van der Waals surface area contributed by atoms with Crippen LogP contribution in [0.25, 0.3) is 0 Å². The Balaban J connectivity index is 2.09. The summed E-state index contributed by atoms with van der Waals surface area (Å²) in [5.41, 5.74) is 3.82. The van der Waals surface area contributed by atoms with Crippen molar-refractivity contribution in [3.8, 4) is 5.75 Å². The zero-order valence-electron chi connectivity index (χ0n) is 24.8. The second-order valence-electron chi connectivity index (χ2n) is 10.8. The number of methoxy groups -OCH3 is 1. The van der Waals surface area contributed by atoms with Crippen LogP contribution >= 0.6 is 0 Å². The molecule has 0 radical (unpaired) electrons. The van der Waals surface area contributed by atoms with Crippen LogP contribution in [-0.2, 0) is 32.6 Å². The van der Waals surface area contributed by atoms with Gasteiger partial charge < -0.3 is 15.0 Å². The van der Waals surface area contributed by atoms with Gasteiger partial charge in [-0.1, -0.05) is 80.1 Å². The predicted octanol–water partition coefficient (Wildman–Crippen LogP) is 4.49. The standard InChI is InChI=1S/C32H41N3O5S/c1-23(2)20-33-32(37)29(19-26-12-8-7-9-13-26)34(21-27-14-10-11-24(3)17-27)31(36)22-35(41(6,38)39)28-18-25(4)15-16-30(28)40-5/h7-18,23,29H,19-22H2,1-6H3,(H,33,37)/t29-/m1/s1. The van der Waals surface area contributed by atoms with Gasteiger partial charge in [-0.15, -0.1) is 0 Å². The van der Waals surface area contributed by atoms with E-state index in [1.165, 1.54) is 12.0 Å². The fourth-order valence-electron chi connectivity index (χ4n) is 4.57. The first-order chi connectivity index (χ1) is 19.4. The fraction of sp³-hybridized carbons (Fsp3) is 0.375. The van der Waals surface area contributed by atoms with Crippen molar-refractivity contribution in [2.24, 2.45) is 5.92 Å². The first kappa shape index (κ1) is 31.7. The molecule has 8 nitrogen and oxygen atoms in total. The summed E-state index contributed by atoms with van der Waals surface area (Å²) >= 11 is 0.